The van der Waals surface area contributed by atoms with Crippen molar-refractivity contribution in [2.75, 3.05) is 46.7 Å². The highest BCUT2D eigenvalue weighted by molar-refractivity contribution is 5.98. The van der Waals surface area contributed by atoms with Gasteiger partial charge in [-0.1, -0.05) is 111 Å². The van der Waals surface area contributed by atoms with Crippen molar-refractivity contribution in [1.82, 2.24) is 41.3 Å². The molecular weight excluding hydrogens is 1150 g/mol. The van der Waals surface area contributed by atoms with E-state index in [4.69, 9.17) is 25.1 Å². The number of hydrogen-bond acceptors (Lipinski definition) is 14. The van der Waals surface area contributed by atoms with E-state index < -0.39 is 126 Å². The fraction of sp³-hybridized carbons (Fsp3) is 0.656. The second-order valence-electron chi connectivity index (χ2n) is 24.4. The Morgan fingerprint density at radius 2 is 1.35 bits per heavy atom. The number of hydrogen-bond donors (Lipinski definition) is 9. The van der Waals surface area contributed by atoms with E-state index in [0.29, 0.717) is 49.0 Å². The first-order valence-electron chi connectivity index (χ1n) is 31.1. The average Bonchev–Trinajstić information content (AvgIpc) is 3.87. The third-order valence-electron chi connectivity index (χ3n) is 16.6. The van der Waals surface area contributed by atoms with Gasteiger partial charge in [0.15, 0.2) is 0 Å². The molecule has 0 bridgehead atoms. The molecule has 1 heterocycles. The van der Waals surface area contributed by atoms with E-state index in [0.717, 1.165) is 0 Å². The highest BCUT2D eigenvalue weighted by atomic mass is 16.6. The SMILES string of the molecule is CC[C@H](C)[C@@H](C(CC(=O)N1CCC[C@H]1[C@H](OC)[C@@H](C)C(=O)N[C@H](C)[C@@H](O)c1ccccc1)OC)N(C)C(=O)[C@@H](NC(=O)[C@H](C(C)C)N(C)C(=O)OCc1ccc(NC(=O)[C@H](CCCNC(N)=O)NC(=O)[C@@H](NC(=O)CCCCC(=O)O)C(C)C)cc1)C(C)C. The van der Waals surface area contributed by atoms with Gasteiger partial charge in [-0.15, -0.1) is 0 Å². The molecule has 10 amide bonds. The number of likely N-dealkylation sites (N-methyl/N-ethyl adjacent to an activating group) is 2. The van der Waals surface area contributed by atoms with Gasteiger partial charge in [-0.2, -0.15) is 0 Å². The second-order valence-corrected chi connectivity index (χ2v) is 24.4. The van der Waals surface area contributed by atoms with Gasteiger partial charge in [0.25, 0.3) is 0 Å². The van der Waals surface area contributed by atoms with Crippen LogP contribution >= 0.6 is 0 Å². The lowest BCUT2D eigenvalue weighted by Gasteiger charge is -2.41. The van der Waals surface area contributed by atoms with E-state index in [1.165, 1.54) is 26.2 Å². The molecule has 2 aromatic rings. The number of aliphatic hydroxyl groups is 1. The molecular formula is C64H102N10O15. The third-order valence-corrected chi connectivity index (χ3v) is 16.6. The third kappa shape index (κ3) is 23.5. The Bertz CT molecular complexity index is 2630. The second kappa shape index (κ2) is 37.6. The number of rotatable bonds is 37. The van der Waals surface area contributed by atoms with Crippen molar-refractivity contribution in [3.63, 3.8) is 0 Å². The largest absolute Gasteiger partial charge is 0.481 e. The molecule has 0 spiro atoms. The molecule has 12 atom stereocenters. The first kappa shape index (κ1) is 75.9. The molecule has 1 unspecified atom stereocenters. The van der Waals surface area contributed by atoms with Crippen LogP contribution in [0.25, 0.3) is 0 Å². The topological polar surface area (TPSA) is 347 Å². The first-order chi connectivity index (χ1) is 42.0. The Morgan fingerprint density at radius 3 is 1.91 bits per heavy atom. The lowest BCUT2D eigenvalue weighted by atomic mass is 9.89. The Hall–Kier alpha value is -7.38. The van der Waals surface area contributed by atoms with Gasteiger partial charge < -0.3 is 71.9 Å². The highest BCUT2D eigenvalue weighted by Crippen LogP contribution is 2.30. The predicted octanol–water partition coefficient (Wildman–Crippen LogP) is 5.24. The highest BCUT2D eigenvalue weighted by Gasteiger charge is 2.44. The number of amides is 10. The molecule has 0 aliphatic carbocycles. The van der Waals surface area contributed by atoms with Crippen LogP contribution in [0.2, 0.25) is 0 Å². The van der Waals surface area contributed by atoms with Crippen LogP contribution in [-0.4, -0.2) is 180 Å². The number of ether oxygens (including phenoxy) is 3. The fourth-order valence-corrected chi connectivity index (χ4v) is 11.2. The van der Waals surface area contributed by atoms with E-state index in [1.54, 1.807) is 109 Å². The average molecular weight is 1250 g/mol. The van der Waals surface area contributed by atoms with Crippen molar-refractivity contribution in [2.24, 2.45) is 35.3 Å². The van der Waals surface area contributed by atoms with Crippen molar-refractivity contribution in [2.45, 2.75) is 201 Å². The van der Waals surface area contributed by atoms with Gasteiger partial charge in [-0.05, 0) is 92.4 Å². The summed E-state index contributed by atoms with van der Waals surface area (Å²) in [4.78, 5) is 138. The molecule has 498 valence electrons. The molecule has 10 N–H and O–H groups in total. The number of nitrogens with zero attached hydrogens (tertiary/aromatic N) is 3. The minimum atomic E-state index is -1.11. The van der Waals surface area contributed by atoms with E-state index in [2.05, 4.69) is 31.9 Å². The van der Waals surface area contributed by atoms with Crippen molar-refractivity contribution in [1.29, 1.82) is 0 Å². The maximum absolute atomic E-state index is 14.8. The van der Waals surface area contributed by atoms with Crippen LogP contribution in [0.4, 0.5) is 15.3 Å². The van der Waals surface area contributed by atoms with Gasteiger partial charge in [-0.3, -0.25) is 43.3 Å². The summed E-state index contributed by atoms with van der Waals surface area (Å²) in [5.74, 6) is -6.32. The Labute approximate surface area is 525 Å². The van der Waals surface area contributed by atoms with E-state index in [9.17, 15) is 53.1 Å². The van der Waals surface area contributed by atoms with Gasteiger partial charge in [0.1, 0.15) is 30.8 Å². The Balaban J connectivity index is 1.70. The molecule has 3 rings (SSSR count). The zero-order valence-corrected chi connectivity index (χ0v) is 54.7. The lowest BCUT2D eigenvalue weighted by molar-refractivity contribution is -0.148. The molecule has 25 nitrogen and oxygen atoms in total. The number of carboxylic acid groups (broad SMARTS) is 1. The van der Waals surface area contributed by atoms with Crippen LogP contribution in [0.15, 0.2) is 54.6 Å². The van der Waals surface area contributed by atoms with E-state index in [-0.39, 0.29) is 75.3 Å². The summed E-state index contributed by atoms with van der Waals surface area (Å²) in [6.07, 6.45) is -0.555. The number of benzene rings is 2. The molecule has 0 aromatic heterocycles. The number of carbonyl (C=O) groups excluding carboxylic acids is 9. The number of primary amides is 1. The van der Waals surface area contributed by atoms with Gasteiger partial charge in [0.2, 0.25) is 41.4 Å². The normalized spacial score (nSPS) is 16.9. The van der Waals surface area contributed by atoms with Crippen LogP contribution in [0.1, 0.15) is 151 Å². The number of nitrogens with one attached hydrogen (secondary N) is 6. The molecule has 1 aliphatic heterocycles. The number of methoxy groups -OCH3 is 2. The fourth-order valence-electron chi connectivity index (χ4n) is 11.2. The zero-order valence-electron chi connectivity index (χ0n) is 54.7. The van der Waals surface area contributed by atoms with Gasteiger partial charge in [-0.25, -0.2) is 9.59 Å². The Kier molecular flexibility index (Phi) is 32.0. The van der Waals surface area contributed by atoms with Gasteiger partial charge in [0, 0.05) is 59.9 Å². The van der Waals surface area contributed by atoms with Crippen LogP contribution in [-0.2, 0) is 59.2 Å². The maximum Gasteiger partial charge on any atom is 0.410 e. The smallest absolute Gasteiger partial charge is 0.410 e. The molecule has 1 aliphatic rings. The number of nitrogens with two attached hydrogens (primary N) is 1. The molecule has 89 heavy (non-hydrogen) atoms. The number of anilines is 1. The lowest BCUT2D eigenvalue weighted by Crippen LogP contribution is -2.60. The predicted molar refractivity (Wildman–Crippen MR) is 335 cm³/mol. The molecule has 25 heteroatoms. The summed E-state index contributed by atoms with van der Waals surface area (Å²) in [6.45, 7) is 18.3. The number of likely N-dealkylation sites (tertiary alicyclic amines) is 1. The van der Waals surface area contributed by atoms with Crippen LogP contribution < -0.4 is 37.6 Å². The molecule has 1 fully saturated rings. The van der Waals surface area contributed by atoms with Gasteiger partial charge >= 0.3 is 18.1 Å². The zero-order chi connectivity index (χ0) is 66.8. The van der Waals surface area contributed by atoms with Gasteiger partial charge in [0.05, 0.1) is 48.8 Å². The summed E-state index contributed by atoms with van der Waals surface area (Å²) >= 11 is 0. The number of carboxylic acids is 1. The number of aliphatic carboxylic acids is 1. The number of aliphatic hydroxyl groups excluding tert-OH is 1. The Morgan fingerprint density at radius 1 is 0.719 bits per heavy atom. The summed E-state index contributed by atoms with van der Waals surface area (Å²) in [5, 5.41) is 36.4. The summed E-state index contributed by atoms with van der Waals surface area (Å²) < 4.78 is 17.7. The number of unbranched alkanes of at least 4 members (excludes halogenated alkanes) is 1. The first-order valence-corrected chi connectivity index (χ1v) is 31.1. The maximum atomic E-state index is 14.8. The minimum Gasteiger partial charge on any atom is -0.481 e. The summed E-state index contributed by atoms with van der Waals surface area (Å²) in [6, 6.07) is 8.71. The molecule has 0 radical (unpaired) electrons. The molecule has 1 saturated heterocycles. The molecule has 2 aromatic carbocycles. The number of urea groups is 1. The monoisotopic (exact) mass is 1250 g/mol. The summed E-state index contributed by atoms with van der Waals surface area (Å²) in [5.41, 5.74) is 6.74. The van der Waals surface area contributed by atoms with E-state index >= 15 is 0 Å². The summed E-state index contributed by atoms with van der Waals surface area (Å²) in [7, 11) is 6.07. The van der Waals surface area contributed by atoms with Crippen LogP contribution in [0.5, 0.6) is 0 Å². The number of carbonyl (C=O) groups is 10. The minimum absolute atomic E-state index is 0.00963. The molecule has 0 saturated carbocycles. The standard InChI is InChI=1S/C64H102N10O15/c1-15-40(8)55(48(87-13)35-50(76)74-34-22-26-47(74)57(88-14)41(9)58(80)67-42(10)56(79)44-23-17-16-18-24-44)72(11)62(84)53(38(4)5)71-61(83)54(39(6)7)73(12)64(86)89-36-43-29-31-45(32-30-43)68-59(81)46(25-21-33-66-63(65)85)69-60(82)52(37(2)3)70-49(75)27-19-20-28-51(77)78/h16-18,23-24,29-32,37-42,46-48,52-57,79H,15,19-22,25-28,33-36H2,1-14H3,(H,67,80)(H,68,81)(H,69,82)(H,70,75)(H,71,83)(H,77,78)(H3,65,66,85)/t40-,41+,42+,46-,47-,48?,52-,53-,54-,55-,56+,57+/m0/s1. The quantitative estimate of drug-likeness (QED) is 0.0391. The van der Waals surface area contributed by atoms with Crippen LogP contribution in [0.3, 0.4) is 0 Å². The van der Waals surface area contributed by atoms with Crippen molar-refractivity contribution >= 4 is 65.1 Å². The van der Waals surface area contributed by atoms with Crippen molar-refractivity contribution in [3.05, 3.63) is 65.7 Å². The van der Waals surface area contributed by atoms with Crippen molar-refractivity contribution in [3.8, 4) is 0 Å². The van der Waals surface area contributed by atoms with Crippen LogP contribution in [0, 0.1) is 29.6 Å². The van der Waals surface area contributed by atoms with E-state index in [1.807, 2.05) is 32.0 Å². The van der Waals surface area contributed by atoms with Crippen molar-refractivity contribution < 1.29 is 72.4 Å².